The van der Waals surface area contributed by atoms with E-state index in [9.17, 15) is 9.90 Å². The lowest BCUT2D eigenvalue weighted by Gasteiger charge is -2.11. The van der Waals surface area contributed by atoms with E-state index < -0.39 is 5.97 Å². The molecule has 0 unspecified atom stereocenters. The zero-order chi connectivity index (χ0) is 15.0. The molecule has 0 radical (unpaired) electrons. The van der Waals surface area contributed by atoms with Gasteiger partial charge in [0.1, 0.15) is 0 Å². The number of hydrogen-bond donors (Lipinski definition) is 0. The average Bonchev–Trinajstić information content (AvgIpc) is 2.46. The van der Waals surface area contributed by atoms with Crippen LogP contribution in [-0.2, 0) is 0 Å². The van der Waals surface area contributed by atoms with Gasteiger partial charge in [0.2, 0.25) is 0 Å². The molecule has 0 aliphatic heterocycles. The number of carbonyl (C=O) groups excluding carboxylic acids is 1. The number of carboxylic acids is 1. The molecule has 2 aromatic carbocycles. The molecular weight excluding hydrogens is 286 g/mol. The van der Waals surface area contributed by atoms with Crippen LogP contribution in [0.2, 0.25) is 5.02 Å². The van der Waals surface area contributed by atoms with Crippen LogP contribution in [0, 0.1) is 6.92 Å². The van der Waals surface area contributed by atoms with Gasteiger partial charge in [0.05, 0.1) is 17.2 Å². The minimum Gasteiger partial charge on any atom is -0.545 e. The second-order valence-electron chi connectivity index (χ2n) is 4.87. The predicted octanol–water partition coefficient (Wildman–Crippen LogP) is 3.23. The van der Waals surface area contributed by atoms with Crippen molar-refractivity contribution in [2.75, 3.05) is 0 Å². The summed E-state index contributed by atoms with van der Waals surface area (Å²) < 4.78 is 0. The Bertz CT molecular complexity index is 859. The Morgan fingerprint density at radius 1 is 1.14 bits per heavy atom. The monoisotopic (exact) mass is 296 g/mol. The molecule has 3 nitrogen and oxygen atoms in total. The fraction of sp³-hybridized carbons (Fsp3) is 0.0588. The van der Waals surface area contributed by atoms with Crippen LogP contribution >= 0.6 is 11.6 Å². The van der Waals surface area contributed by atoms with Crippen LogP contribution in [0.15, 0.2) is 48.5 Å². The third-order valence-corrected chi connectivity index (χ3v) is 3.54. The van der Waals surface area contributed by atoms with Gasteiger partial charge < -0.3 is 9.90 Å². The standard InChI is InChI=1S/C17H12ClNO2/c1-10-5-6-15-13(7-10)14(17(20)21)9-16(19-15)11-3-2-4-12(18)8-11/h2-9H,1H3,(H,20,21)/p-1. The molecule has 0 amide bonds. The van der Waals surface area contributed by atoms with Crippen molar-refractivity contribution in [3.63, 3.8) is 0 Å². The second kappa shape index (κ2) is 5.19. The third kappa shape index (κ3) is 2.60. The van der Waals surface area contributed by atoms with E-state index in [2.05, 4.69) is 4.98 Å². The molecule has 0 aliphatic carbocycles. The Labute approximate surface area is 126 Å². The summed E-state index contributed by atoms with van der Waals surface area (Å²) in [5, 5.41) is 12.6. The van der Waals surface area contributed by atoms with E-state index in [1.165, 1.54) is 6.07 Å². The molecular formula is C17H11ClNO2-. The largest absolute Gasteiger partial charge is 0.545 e. The fourth-order valence-corrected chi connectivity index (χ4v) is 2.49. The summed E-state index contributed by atoms with van der Waals surface area (Å²) in [5.41, 5.74) is 3.07. The first-order valence-electron chi connectivity index (χ1n) is 6.43. The normalized spacial score (nSPS) is 10.8. The maximum absolute atomic E-state index is 11.4. The van der Waals surface area contributed by atoms with Gasteiger partial charge in [0.25, 0.3) is 0 Å². The number of nitrogens with zero attached hydrogens (tertiary/aromatic N) is 1. The first-order valence-corrected chi connectivity index (χ1v) is 6.81. The summed E-state index contributed by atoms with van der Waals surface area (Å²) in [6.45, 7) is 1.91. The van der Waals surface area contributed by atoms with Crippen LogP contribution in [0.5, 0.6) is 0 Å². The summed E-state index contributed by atoms with van der Waals surface area (Å²) in [6, 6.07) is 14.2. The van der Waals surface area contributed by atoms with Gasteiger partial charge in [0.15, 0.2) is 0 Å². The molecule has 0 saturated carbocycles. The fourth-order valence-electron chi connectivity index (χ4n) is 2.30. The van der Waals surface area contributed by atoms with Crippen molar-refractivity contribution in [1.29, 1.82) is 0 Å². The summed E-state index contributed by atoms with van der Waals surface area (Å²) in [5.74, 6) is -1.21. The third-order valence-electron chi connectivity index (χ3n) is 3.30. The lowest BCUT2D eigenvalue weighted by atomic mass is 10.0. The van der Waals surface area contributed by atoms with E-state index >= 15 is 0 Å². The topological polar surface area (TPSA) is 53.0 Å². The highest BCUT2D eigenvalue weighted by Crippen LogP contribution is 2.26. The van der Waals surface area contributed by atoms with Crippen LogP contribution in [0.3, 0.4) is 0 Å². The molecule has 0 aliphatic rings. The Morgan fingerprint density at radius 3 is 2.67 bits per heavy atom. The maximum atomic E-state index is 11.4. The van der Waals surface area contributed by atoms with Crippen LogP contribution in [0.25, 0.3) is 22.2 Å². The zero-order valence-electron chi connectivity index (χ0n) is 11.3. The number of carbonyl (C=O) groups is 1. The van der Waals surface area contributed by atoms with Crippen molar-refractivity contribution in [3.8, 4) is 11.3 Å². The van der Waals surface area contributed by atoms with Gasteiger partial charge >= 0.3 is 0 Å². The summed E-state index contributed by atoms with van der Waals surface area (Å²) in [6.07, 6.45) is 0. The molecule has 3 rings (SSSR count). The quantitative estimate of drug-likeness (QED) is 0.729. The molecule has 3 aromatic rings. The first-order chi connectivity index (χ1) is 10.0. The van der Waals surface area contributed by atoms with Crippen LogP contribution in [0.4, 0.5) is 0 Å². The van der Waals surface area contributed by atoms with E-state index in [0.29, 0.717) is 21.6 Å². The van der Waals surface area contributed by atoms with Gasteiger partial charge in [-0.1, -0.05) is 35.4 Å². The molecule has 0 atom stereocenters. The summed E-state index contributed by atoms with van der Waals surface area (Å²) >= 11 is 5.98. The van der Waals surface area contributed by atoms with Crippen molar-refractivity contribution in [2.24, 2.45) is 0 Å². The number of aryl methyl sites for hydroxylation is 1. The van der Waals surface area contributed by atoms with Crippen molar-refractivity contribution in [1.82, 2.24) is 4.98 Å². The molecule has 4 heteroatoms. The Balaban J connectivity index is 2.31. The second-order valence-corrected chi connectivity index (χ2v) is 5.31. The van der Waals surface area contributed by atoms with Gasteiger partial charge in [0, 0.05) is 21.5 Å². The number of benzene rings is 2. The van der Waals surface area contributed by atoms with Gasteiger partial charge in [-0.25, -0.2) is 4.98 Å². The smallest absolute Gasteiger partial charge is 0.0722 e. The van der Waals surface area contributed by atoms with Crippen molar-refractivity contribution in [3.05, 3.63) is 64.7 Å². The SMILES string of the molecule is Cc1ccc2nc(-c3cccc(Cl)c3)cc(C(=O)[O-])c2c1. The van der Waals surface area contributed by atoms with Crippen molar-refractivity contribution in [2.45, 2.75) is 6.92 Å². The molecule has 0 N–H and O–H groups in total. The number of aromatic carboxylic acids is 1. The van der Waals surface area contributed by atoms with E-state index in [-0.39, 0.29) is 5.56 Å². The Kier molecular flexibility index (Phi) is 3.35. The maximum Gasteiger partial charge on any atom is 0.0722 e. The zero-order valence-corrected chi connectivity index (χ0v) is 12.0. The van der Waals surface area contributed by atoms with Crippen molar-refractivity contribution >= 4 is 28.5 Å². The molecule has 0 fully saturated rings. The highest BCUT2D eigenvalue weighted by molar-refractivity contribution is 6.30. The number of halogens is 1. The molecule has 0 spiro atoms. The average molecular weight is 297 g/mol. The molecule has 1 aromatic heterocycles. The van der Waals surface area contributed by atoms with Crippen LogP contribution in [-0.4, -0.2) is 11.0 Å². The Hall–Kier alpha value is -2.39. The van der Waals surface area contributed by atoms with E-state index in [0.717, 1.165) is 11.1 Å². The summed E-state index contributed by atoms with van der Waals surface area (Å²) in [4.78, 5) is 15.9. The first kappa shape index (κ1) is 13.6. The van der Waals surface area contributed by atoms with E-state index in [4.69, 9.17) is 11.6 Å². The number of pyridine rings is 1. The van der Waals surface area contributed by atoms with Gasteiger partial charge in [-0.2, -0.15) is 0 Å². The number of carboxylic acid groups (broad SMARTS) is 1. The van der Waals surface area contributed by atoms with Gasteiger partial charge in [-0.3, -0.25) is 0 Å². The van der Waals surface area contributed by atoms with Gasteiger partial charge in [-0.05, 0) is 37.3 Å². The lowest BCUT2D eigenvalue weighted by Crippen LogP contribution is -2.22. The highest BCUT2D eigenvalue weighted by Gasteiger charge is 2.09. The number of fused-ring (bicyclic) bond motifs is 1. The lowest BCUT2D eigenvalue weighted by molar-refractivity contribution is -0.254. The van der Waals surface area contributed by atoms with Gasteiger partial charge in [-0.15, -0.1) is 0 Å². The number of rotatable bonds is 2. The summed E-state index contributed by atoms with van der Waals surface area (Å²) in [7, 11) is 0. The van der Waals surface area contributed by atoms with Crippen LogP contribution in [0.1, 0.15) is 15.9 Å². The molecule has 0 saturated heterocycles. The number of hydrogen-bond acceptors (Lipinski definition) is 3. The highest BCUT2D eigenvalue weighted by atomic mass is 35.5. The van der Waals surface area contributed by atoms with E-state index in [1.807, 2.05) is 25.1 Å². The minimum absolute atomic E-state index is 0.138. The molecule has 0 bridgehead atoms. The minimum atomic E-state index is -1.21. The van der Waals surface area contributed by atoms with E-state index in [1.54, 1.807) is 24.3 Å². The molecule has 104 valence electrons. The Morgan fingerprint density at radius 2 is 1.95 bits per heavy atom. The van der Waals surface area contributed by atoms with Crippen molar-refractivity contribution < 1.29 is 9.90 Å². The molecule has 1 heterocycles. The number of aromatic nitrogens is 1. The predicted molar refractivity (Wildman–Crippen MR) is 81.3 cm³/mol. The van der Waals surface area contributed by atoms with Crippen LogP contribution < -0.4 is 5.11 Å². The molecule has 21 heavy (non-hydrogen) atoms.